The van der Waals surface area contributed by atoms with Gasteiger partial charge in [-0.05, 0) is 35.4 Å². The van der Waals surface area contributed by atoms with Crippen LogP contribution in [0.2, 0.25) is 0 Å². The minimum atomic E-state index is -0.135. The number of nitrogens with one attached hydrogen (secondary N) is 2. The number of carbonyl (C=O) groups excluding carboxylic acids is 2. The first-order chi connectivity index (χ1) is 13.1. The van der Waals surface area contributed by atoms with E-state index in [-0.39, 0.29) is 11.8 Å². The Morgan fingerprint density at radius 1 is 1.00 bits per heavy atom. The van der Waals surface area contributed by atoms with Crippen LogP contribution in [0.15, 0.2) is 48.5 Å². The molecule has 2 aromatic rings. The maximum Gasteiger partial charge on any atom is 0.251 e. The van der Waals surface area contributed by atoms with Gasteiger partial charge in [0.25, 0.3) is 5.91 Å². The predicted molar refractivity (Wildman–Crippen MR) is 104 cm³/mol. The van der Waals surface area contributed by atoms with Crippen LogP contribution in [-0.4, -0.2) is 43.0 Å². The molecule has 0 unspecified atom stereocenters. The average molecular weight is 367 g/mol. The molecule has 0 radical (unpaired) electrons. The molecule has 27 heavy (non-hydrogen) atoms. The molecule has 1 aliphatic rings. The number of anilines is 1. The quantitative estimate of drug-likeness (QED) is 0.823. The largest absolute Gasteiger partial charge is 0.379 e. The molecule has 3 rings (SSSR count). The van der Waals surface area contributed by atoms with Crippen molar-refractivity contribution in [1.82, 2.24) is 10.2 Å². The van der Waals surface area contributed by atoms with Crippen LogP contribution in [0.1, 0.15) is 28.4 Å². The summed E-state index contributed by atoms with van der Waals surface area (Å²) in [5.74, 6) is -0.269. The molecule has 2 amide bonds. The minimum absolute atomic E-state index is 0.134. The van der Waals surface area contributed by atoms with Crippen LogP contribution in [0.4, 0.5) is 5.69 Å². The van der Waals surface area contributed by atoms with Gasteiger partial charge in [0.1, 0.15) is 0 Å². The van der Waals surface area contributed by atoms with Crippen LogP contribution in [0.25, 0.3) is 0 Å². The van der Waals surface area contributed by atoms with E-state index in [1.54, 1.807) is 24.3 Å². The number of nitrogens with zero attached hydrogens (tertiary/aromatic N) is 1. The lowest BCUT2D eigenvalue weighted by atomic mass is 10.1. The van der Waals surface area contributed by atoms with Gasteiger partial charge in [-0.15, -0.1) is 0 Å². The van der Waals surface area contributed by atoms with Crippen molar-refractivity contribution in [2.45, 2.75) is 20.0 Å². The van der Waals surface area contributed by atoms with Gasteiger partial charge in [-0.25, -0.2) is 0 Å². The number of carbonyl (C=O) groups is 2. The summed E-state index contributed by atoms with van der Waals surface area (Å²) in [6.07, 6.45) is 0. The van der Waals surface area contributed by atoms with Crippen molar-refractivity contribution in [3.63, 3.8) is 0 Å². The zero-order valence-corrected chi connectivity index (χ0v) is 15.5. The number of hydrogen-bond acceptors (Lipinski definition) is 4. The summed E-state index contributed by atoms with van der Waals surface area (Å²) in [7, 11) is 0. The highest BCUT2D eigenvalue weighted by Gasteiger charge is 2.13. The van der Waals surface area contributed by atoms with Crippen molar-refractivity contribution in [2.75, 3.05) is 31.6 Å². The molecular formula is C21H25N3O3. The summed E-state index contributed by atoms with van der Waals surface area (Å²) in [6.45, 7) is 6.20. The molecule has 0 bridgehead atoms. The van der Waals surface area contributed by atoms with Crippen molar-refractivity contribution in [2.24, 2.45) is 0 Å². The van der Waals surface area contributed by atoms with E-state index >= 15 is 0 Å². The van der Waals surface area contributed by atoms with Crippen LogP contribution in [0.5, 0.6) is 0 Å². The number of hydrogen-bond donors (Lipinski definition) is 2. The molecule has 2 N–H and O–H groups in total. The molecule has 142 valence electrons. The fourth-order valence-corrected chi connectivity index (χ4v) is 3.07. The normalized spacial score (nSPS) is 14.6. The molecule has 2 aromatic carbocycles. The van der Waals surface area contributed by atoms with Crippen LogP contribution in [0, 0.1) is 0 Å². The minimum Gasteiger partial charge on any atom is -0.379 e. The molecule has 6 heteroatoms. The predicted octanol–water partition coefficient (Wildman–Crippen LogP) is 2.41. The van der Waals surface area contributed by atoms with Crippen molar-refractivity contribution in [1.29, 1.82) is 0 Å². The molecule has 0 saturated carbocycles. The fourth-order valence-electron chi connectivity index (χ4n) is 3.07. The number of rotatable bonds is 6. The lowest BCUT2D eigenvalue weighted by Gasteiger charge is -2.27. The summed E-state index contributed by atoms with van der Waals surface area (Å²) >= 11 is 0. The first-order valence-electron chi connectivity index (χ1n) is 9.14. The third-order valence-corrected chi connectivity index (χ3v) is 4.52. The maximum atomic E-state index is 12.4. The van der Waals surface area contributed by atoms with Gasteiger partial charge in [-0.1, -0.05) is 24.3 Å². The highest BCUT2D eigenvalue weighted by molar-refractivity contribution is 5.95. The van der Waals surface area contributed by atoms with Crippen molar-refractivity contribution in [3.05, 3.63) is 65.2 Å². The third kappa shape index (κ3) is 5.64. The van der Waals surface area contributed by atoms with Crippen molar-refractivity contribution in [3.8, 4) is 0 Å². The van der Waals surface area contributed by atoms with E-state index in [1.807, 2.05) is 12.1 Å². The summed E-state index contributed by atoms with van der Waals surface area (Å²) in [5, 5.41) is 5.67. The molecule has 1 saturated heterocycles. The standard InChI is InChI=1S/C21H25N3O3/c1-16(25)23-20-8-6-17(7-9-20)21(26)22-14-18-4-2-3-5-19(18)15-24-10-12-27-13-11-24/h2-9H,10-15H2,1H3,(H,22,26)(H,23,25). The molecule has 0 aromatic heterocycles. The molecule has 1 aliphatic heterocycles. The zero-order valence-electron chi connectivity index (χ0n) is 15.5. The molecule has 1 fully saturated rings. The fraction of sp³-hybridized carbons (Fsp3) is 0.333. The zero-order chi connectivity index (χ0) is 19.1. The van der Waals surface area contributed by atoms with E-state index in [0.29, 0.717) is 17.8 Å². The Labute approximate surface area is 159 Å². The average Bonchev–Trinajstić information content (AvgIpc) is 2.68. The first kappa shape index (κ1) is 19.1. The highest BCUT2D eigenvalue weighted by Crippen LogP contribution is 2.14. The Bertz CT molecular complexity index is 784. The van der Waals surface area contributed by atoms with Crippen LogP contribution < -0.4 is 10.6 Å². The second-order valence-corrected chi connectivity index (χ2v) is 6.60. The second kappa shape index (κ2) is 9.30. The lowest BCUT2D eigenvalue weighted by Crippen LogP contribution is -2.36. The van der Waals surface area contributed by atoms with Crippen LogP contribution in [-0.2, 0) is 22.6 Å². The van der Waals surface area contributed by atoms with E-state index in [9.17, 15) is 9.59 Å². The SMILES string of the molecule is CC(=O)Nc1ccc(C(=O)NCc2ccccc2CN2CCOCC2)cc1. The summed E-state index contributed by atoms with van der Waals surface area (Å²) in [5.41, 5.74) is 3.58. The summed E-state index contributed by atoms with van der Waals surface area (Å²) in [4.78, 5) is 25.9. The van der Waals surface area contributed by atoms with E-state index in [0.717, 1.165) is 38.4 Å². The Morgan fingerprint density at radius 3 is 2.33 bits per heavy atom. The lowest BCUT2D eigenvalue weighted by molar-refractivity contribution is -0.114. The summed E-state index contributed by atoms with van der Waals surface area (Å²) in [6, 6.07) is 15.1. The maximum absolute atomic E-state index is 12.4. The van der Waals surface area contributed by atoms with Gasteiger partial charge < -0.3 is 15.4 Å². The van der Waals surface area contributed by atoms with Crippen molar-refractivity contribution >= 4 is 17.5 Å². The number of morpholine rings is 1. The topological polar surface area (TPSA) is 70.7 Å². The molecular weight excluding hydrogens is 342 g/mol. The van der Waals surface area contributed by atoms with Gasteiger partial charge in [-0.3, -0.25) is 14.5 Å². The molecule has 6 nitrogen and oxygen atoms in total. The third-order valence-electron chi connectivity index (χ3n) is 4.52. The van der Waals surface area contributed by atoms with Gasteiger partial charge in [0.05, 0.1) is 13.2 Å². The van der Waals surface area contributed by atoms with E-state index in [4.69, 9.17) is 4.74 Å². The Hall–Kier alpha value is -2.70. The Morgan fingerprint density at radius 2 is 1.67 bits per heavy atom. The van der Waals surface area contributed by atoms with Gasteiger partial charge >= 0.3 is 0 Å². The molecule has 0 aliphatic carbocycles. The van der Waals surface area contributed by atoms with Crippen LogP contribution in [0.3, 0.4) is 0 Å². The smallest absolute Gasteiger partial charge is 0.251 e. The molecule has 1 heterocycles. The summed E-state index contributed by atoms with van der Waals surface area (Å²) < 4.78 is 5.40. The number of amides is 2. The Kier molecular flexibility index (Phi) is 6.57. The van der Waals surface area contributed by atoms with Gasteiger partial charge in [0, 0.05) is 44.4 Å². The van der Waals surface area contributed by atoms with E-state index in [1.165, 1.54) is 12.5 Å². The molecule has 0 atom stereocenters. The van der Waals surface area contributed by atoms with Crippen LogP contribution >= 0.6 is 0 Å². The second-order valence-electron chi connectivity index (χ2n) is 6.60. The highest BCUT2D eigenvalue weighted by atomic mass is 16.5. The molecule has 0 spiro atoms. The van der Waals surface area contributed by atoms with Crippen molar-refractivity contribution < 1.29 is 14.3 Å². The van der Waals surface area contributed by atoms with E-state index in [2.05, 4.69) is 27.7 Å². The first-order valence-corrected chi connectivity index (χ1v) is 9.14. The monoisotopic (exact) mass is 367 g/mol. The number of benzene rings is 2. The van der Waals surface area contributed by atoms with E-state index < -0.39 is 0 Å². The van der Waals surface area contributed by atoms with Gasteiger partial charge in [0.2, 0.25) is 5.91 Å². The van der Waals surface area contributed by atoms with Gasteiger partial charge in [-0.2, -0.15) is 0 Å². The number of ether oxygens (including phenoxy) is 1. The van der Waals surface area contributed by atoms with Gasteiger partial charge in [0.15, 0.2) is 0 Å². The Balaban J connectivity index is 1.59.